The smallest absolute Gasteiger partial charge is 0.247 e. The molecule has 3 rings (SSSR count). The molecule has 1 aromatic carbocycles. The molecule has 0 bridgehead atoms. The van der Waals surface area contributed by atoms with E-state index in [0.29, 0.717) is 13.1 Å². The number of amides is 2. The van der Waals surface area contributed by atoms with Crippen molar-refractivity contribution in [3.8, 4) is 0 Å². The number of benzene rings is 1. The number of nitrogens with zero attached hydrogens (tertiary/aromatic N) is 1. The van der Waals surface area contributed by atoms with Gasteiger partial charge in [-0.05, 0) is 12.5 Å². The lowest BCUT2D eigenvalue weighted by Crippen LogP contribution is -2.65. The molecule has 2 fully saturated rings. The van der Waals surface area contributed by atoms with E-state index < -0.39 is 6.04 Å². The Hall–Kier alpha value is -1.88. The third kappa shape index (κ3) is 2.10. The van der Waals surface area contributed by atoms with Crippen LogP contribution in [0.4, 0.5) is 0 Å². The zero-order valence-corrected chi connectivity index (χ0v) is 10.8. The van der Waals surface area contributed by atoms with Crippen LogP contribution < -0.4 is 10.6 Å². The highest BCUT2D eigenvalue weighted by Crippen LogP contribution is 2.27. The first-order valence-electron chi connectivity index (χ1n) is 6.53. The van der Waals surface area contributed by atoms with Gasteiger partial charge in [-0.1, -0.05) is 29.8 Å². The van der Waals surface area contributed by atoms with Crippen molar-refractivity contribution in [1.82, 2.24) is 15.5 Å². The summed E-state index contributed by atoms with van der Waals surface area (Å²) in [5, 5.41) is 5.98. The van der Waals surface area contributed by atoms with Crippen LogP contribution in [0.25, 0.3) is 0 Å². The van der Waals surface area contributed by atoms with Gasteiger partial charge in [0, 0.05) is 13.1 Å². The molecule has 2 saturated heterocycles. The maximum absolute atomic E-state index is 12.2. The van der Waals surface area contributed by atoms with Crippen LogP contribution in [0.5, 0.6) is 0 Å². The Kier molecular flexibility index (Phi) is 2.98. The predicted molar refractivity (Wildman–Crippen MR) is 70.4 cm³/mol. The molecule has 2 heterocycles. The van der Waals surface area contributed by atoms with E-state index in [1.807, 2.05) is 31.2 Å². The molecule has 0 radical (unpaired) electrons. The molecule has 2 atom stereocenters. The Bertz CT molecular complexity index is 512. The van der Waals surface area contributed by atoms with E-state index in [1.165, 1.54) is 0 Å². The van der Waals surface area contributed by atoms with Gasteiger partial charge in [0.05, 0.1) is 12.6 Å². The molecular weight excluding hydrogens is 242 g/mol. The quantitative estimate of drug-likeness (QED) is 0.744. The summed E-state index contributed by atoms with van der Waals surface area (Å²) in [5.41, 5.74) is 2.02. The van der Waals surface area contributed by atoms with Crippen LogP contribution in [0.2, 0.25) is 0 Å². The van der Waals surface area contributed by atoms with Crippen molar-refractivity contribution in [1.29, 1.82) is 0 Å². The Morgan fingerprint density at radius 3 is 2.63 bits per heavy atom. The highest BCUT2D eigenvalue weighted by atomic mass is 16.2. The van der Waals surface area contributed by atoms with E-state index in [-0.39, 0.29) is 17.9 Å². The van der Waals surface area contributed by atoms with Crippen molar-refractivity contribution in [3.05, 3.63) is 35.4 Å². The normalized spacial score (nSPS) is 26.9. The van der Waals surface area contributed by atoms with Crippen molar-refractivity contribution in [2.75, 3.05) is 19.6 Å². The number of carbonyl (C=O) groups excluding carboxylic acids is 2. The van der Waals surface area contributed by atoms with Gasteiger partial charge in [-0.25, -0.2) is 0 Å². The predicted octanol–water partition coefficient (Wildman–Crippen LogP) is -0.0337. The van der Waals surface area contributed by atoms with Gasteiger partial charge in [-0.2, -0.15) is 0 Å². The van der Waals surface area contributed by atoms with Crippen LogP contribution in [-0.2, 0) is 9.59 Å². The second kappa shape index (κ2) is 4.66. The highest BCUT2D eigenvalue weighted by Gasteiger charge is 2.41. The zero-order valence-electron chi connectivity index (χ0n) is 10.8. The van der Waals surface area contributed by atoms with E-state index in [4.69, 9.17) is 0 Å². The monoisotopic (exact) mass is 259 g/mol. The van der Waals surface area contributed by atoms with Crippen molar-refractivity contribution in [2.45, 2.75) is 19.0 Å². The standard InChI is InChI=1S/C14H17N3O2/c1-9-2-4-10(5-3-9)13-14(19)16-7-11-6-15-8-12(18)17(11)13/h2-5,11,13,15H,6-8H2,1H3,(H,16,19). The van der Waals surface area contributed by atoms with Gasteiger partial charge < -0.3 is 15.5 Å². The molecule has 5 heteroatoms. The number of hydrogen-bond donors (Lipinski definition) is 2. The summed E-state index contributed by atoms with van der Waals surface area (Å²) in [6.07, 6.45) is 0. The second-order valence-electron chi connectivity index (χ2n) is 5.14. The summed E-state index contributed by atoms with van der Waals surface area (Å²) in [5.74, 6) is -0.0907. The molecule has 1 aromatic rings. The molecule has 19 heavy (non-hydrogen) atoms. The fraction of sp³-hybridized carbons (Fsp3) is 0.429. The molecule has 0 spiro atoms. The number of rotatable bonds is 1. The first kappa shape index (κ1) is 12.2. The molecule has 0 aromatic heterocycles. The molecule has 100 valence electrons. The number of aryl methyl sites for hydroxylation is 1. The van der Waals surface area contributed by atoms with Crippen molar-refractivity contribution in [2.24, 2.45) is 0 Å². The summed E-state index contributed by atoms with van der Waals surface area (Å²) in [6.45, 7) is 3.57. The van der Waals surface area contributed by atoms with Gasteiger partial charge in [0.25, 0.3) is 0 Å². The average molecular weight is 259 g/mol. The maximum atomic E-state index is 12.2. The third-order valence-electron chi connectivity index (χ3n) is 3.77. The van der Waals surface area contributed by atoms with Crippen LogP contribution in [-0.4, -0.2) is 42.4 Å². The largest absolute Gasteiger partial charge is 0.352 e. The second-order valence-corrected chi connectivity index (χ2v) is 5.14. The van der Waals surface area contributed by atoms with E-state index >= 15 is 0 Å². The molecule has 2 aliphatic heterocycles. The Morgan fingerprint density at radius 1 is 1.16 bits per heavy atom. The van der Waals surface area contributed by atoms with E-state index in [1.54, 1.807) is 4.90 Å². The van der Waals surface area contributed by atoms with Crippen molar-refractivity contribution >= 4 is 11.8 Å². The number of fused-ring (bicyclic) bond motifs is 1. The minimum atomic E-state index is -0.492. The molecule has 2 aliphatic rings. The lowest BCUT2D eigenvalue weighted by atomic mass is 9.97. The molecule has 5 nitrogen and oxygen atoms in total. The van der Waals surface area contributed by atoms with E-state index in [9.17, 15) is 9.59 Å². The number of carbonyl (C=O) groups is 2. The minimum Gasteiger partial charge on any atom is -0.352 e. The van der Waals surface area contributed by atoms with Gasteiger partial charge in [-0.3, -0.25) is 9.59 Å². The molecule has 2 amide bonds. The molecule has 2 N–H and O–H groups in total. The lowest BCUT2D eigenvalue weighted by molar-refractivity contribution is -0.148. The van der Waals surface area contributed by atoms with Gasteiger partial charge >= 0.3 is 0 Å². The highest BCUT2D eigenvalue weighted by molar-refractivity contribution is 5.91. The van der Waals surface area contributed by atoms with Crippen LogP contribution in [0.1, 0.15) is 17.2 Å². The van der Waals surface area contributed by atoms with Crippen LogP contribution in [0, 0.1) is 6.92 Å². The van der Waals surface area contributed by atoms with Crippen LogP contribution >= 0.6 is 0 Å². The average Bonchev–Trinajstić information content (AvgIpc) is 2.41. The first-order chi connectivity index (χ1) is 9.16. The van der Waals surface area contributed by atoms with E-state index in [0.717, 1.165) is 17.7 Å². The molecule has 0 aliphatic carbocycles. The van der Waals surface area contributed by atoms with Gasteiger partial charge in [0.1, 0.15) is 6.04 Å². The Balaban J connectivity index is 1.97. The maximum Gasteiger partial charge on any atom is 0.247 e. The summed E-state index contributed by atoms with van der Waals surface area (Å²) in [6, 6.07) is 7.35. The number of nitrogens with one attached hydrogen (secondary N) is 2. The lowest BCUT2D eigenvalue weighted by Gasteiger charge is -2.44. The third-order valence-corrected chi connectivity index (χ3v) is 3.77. The van der Waals surface area contributed by atoms with E-state index in [2.05, 4.69) is 10.6 Å². The zero-order chi connectivity index (χ0) is 13.4. The number of hydrogen-bond acceptors (Lipinski definition) is 3. The summed E-state index contributed by atoms with van der Waals surface area (Å²) < 4.78 is 0. The number of piperazine rings is 2. The molecule has 0 saturated carbocycles. The molecular formula is C14H17N3O2. The van der Waals surface area contributed by atoms with Gasteiger partial charge in [-0.15, -0.1) is 0 Å². The SMILES string of the molecule is Cc1ccc(C2C(=O)NCC3CNCC(=O)N32)cc1. The fourth-order valence-electron chi connectivity index (χ4n) is 2.77. The Labute approximate surface area is 112 Å². The van der Waals surface area contributed by atoms with Crippen molar-refractivity contribution < 1.29 is 9.59 Å². The van der Waals surface area contributed by atoms with Crippen molar-refractivity contribution in [3.63, 3.8) is 0 Å². The summed E-state index contributed by atoms with van der Waals surface area (Å²) in [7, 11) is 0. The molecule has 2 unspecified atom stereocenters. The summed E-state index contributed by atoms with van der Waals surface area (Å²) in [4.78, 5) is 26.0. The van der Waals surface area contributed by atoms with Crippen LogP contribution in [0.15, 0.2) is 24.3 Å². The van der Waals surface area contributed by atoms with Gasteiger partial charge in [0.2, 0.25) is 11.8 Å². The Morgan fingerprint density at radius 2 is 1.89 bits per heavy atom. The fourth-order valence-corrected chi connectivity index (χ4v) is 2.77. The minimum absolute atomic E-state index is 0.00308. The topological polar surface area (TPSA) is 61.4 Å². The first-order valence-corrected chi connectivity index (χ1v) is 6.53. The van der Waals surface area contributed by atoms with Crippen LogP contribution in [0.3, 0.4) is 0 Å². The summed E-state index contributed by atoms with van der Waals surface area (Å²) >= 11 is 0. The van der Waals surface area contributed by atoms with Gasteiger partial charge in [0.15, 0.2) is 0 Å².